The number of fused-ring (bicyclic) bond motifs is 1. The predicted octanol–water partition coefficient (Wildman–Crippen LogP) is 5.86. The normalized spacial score (nSPS) is 13.7. The maximum Gasteiger partial charge on any atom is 0.260 e. The summed E-state index contributed by atoms with van der Waals surface area (Å²) in [7, 11) is 0. The van der Waals surface area contributed by atoms with E-state index in [0.717, 1.165) is 28.9 Å². The van der Waals surface area contributed by atoms with E-state index in [1.54, 1.807) is 17.0 Å². The Bertz CT molecular complexity index is 1210. The molecule has 8 nitrogen and oxygen atoms in total. The van der Waals surface area contributed by atoms with Gasteiger partial charge < -0.3 is 18.9 Å². The van der Waals surface area contributed by atoms with Gasteiger partial charge in [-0.3, -0.25) is 14.6 Å². The Labute approximate surface area is 239 Å². The van der Waals surface area contributed by atoms with Gasteiger partial charge in [-0.15, -0.1) is 12.4 Å². The molecule has 0 aliphatic carbocycles. The summed E-state index contributed by atoms with van der Waals surface area (Å²) in [4.78, 5) is 23.0. The van der Waals surface area contributed by atoms with Crippen molar-refractivity contribution in [2.75, 3.05) is 64.1 Å². The minimum absolute atomic E-state index is 0. The van der Waals surface area contributed by atoms with Crippen molar-refractivity contribution in [2.24, 2.45) is 0 Å². The van der Waals surface area contributed by atoms with Gasteiger partial charge in [0.05, 0.1) is 43.3 Å². The van der Waals surface area contributed by atoms with E-state index in [-0.39, 0.29) is 18.3 Å². The second kappa shape index (κ2) is 14.2. The SMILES string of the molecule is CCOc1cc(C(=O)N(CCN2CCOCC2)c2nc3c(C)cc(Cl)cc3s2)cc(OCC)c1OCC.Cl. The van der Waals surface area contributed by atoms with Crippen molar-refractivity contribution < 1.29 is 23.7 Å². The Balaban J connectivity index is 0.00000400. The van der Waals surface area contributed by atoms with Crippen LogP contribution in [0, 0.1) is 6.92 Å². The third-order valence-electron chi connectivity index (χ3n) is 6.01. The number of halogens is 2. The Morgan fingerprint density at radius 2 is 1.68 bits per heavy atom. The summed E-state index contributed by atoms with van der Waals surface area (Å²) in [5, 5.41) is 1.28. The zero-order chi connectivity index (χ0) is 26.4. The molecule has 4 rings (SSSR count). The summed E-state index contributed by atoms with van der Waals surface area (Å²) in [6.45, 7) is 13.2. The van der Waals surface area contributed by atoms with E-state index in [1.807, 2.05) is 39.8 Å². The van der Waals surface area contributed by atoms with E-state index >= 15 is 0 Å². The molecule has 1 aromatic heterocycles. The van der Waals surface area contributed by atoms with Crippen molar-refractivity contribution in [3.8, 4) is 17.2 Å². The Morgan fingerprint density at radius 3 is 2.29 bits per heavy atom. The van der Waals surface area contributed by atoms with Gasteiger partial charge in [-0.1, -0.05) is 22.9 Å². The summed E-state index contributed by atoms with van der Waals surface area (Å²) in [5.41, 5.74) is 2.28. The van der Waals surface area contributed by atoms with Crippen molar-refractivity contribution in [3.05, 3.63) is 40.4 Å². The minimum Gasteiger partial charge on any atom is -0.490 e. The van der Waals surface area contributed by atoms with Gasteiger partial charge in [0.2, 0.25) is 5.75 Å². The number of aryl methyl sites for hydroxylation is 1. The highest BCUT2D eigenvalue weighted by molar-refractivity contribution is 7.22. The number of ether oxygens (including phenoxy) is 4. The molecule has 0 radical (unpaired) electrons. The first kappa shape index (κ1) is 30.2. The lowest BCUT2D eigenvalue weighted by molar-refractivity contribution is 0.0391. The van der Waals surface area contributed by atoms with Crippen molar-refractivity contribution >= 4 is 56.6 Å². The van der Waals surface area contributed by atoms with Gasteiger partial charge in [0, 0.05) is 36.8 Å². The van der Waals surface area contributed by atoms with Crippen LogP contribution in [0.15, 0.2) is 24.3 Å². The van der Waals surface area contributed by atoms with E-state index in [2.05, 4.69) is 4.90 Å². The number of carbonyl (C=O) groups is 1. The first-order valence-electron chi connectivity index (χ1n) is 12.7. The number of nitrogens with zero attached hydrogens (tertiary/aromatic N) is 3. The lowest BCUT2D eigenvalue weighted by Crippen LogP contribution is -2.43. The maximum atomic E-state index is 14.1. The number of hydrogen-bond acceptors (Lipinski definition) is 8. The van der Waals surface area contributed by atoms with Crippen LogP contribution < -0.4 is 19.1 Å². The number of rotatable bonds is 11. The molecule has 0 saturated carbocycles. The first-order valence-corrected chi connectivity index (χ1v) is 13.9. The molecule has 1 fully saturated rings. The van der Waals surface area contributed by atoms with Gasteiger partial charge in [-0.2, -0.15) is 0 Å². The van der Waals surface area contributed by atoms with Gasteiger partial charge in [-0.25, -0.2) is 4.98 Å². The molecule has 1 aliphatic heterocycles. The third kappa shape index (κ3) is 7.01. The summed E-state index contributed by atoms with van der Waals surface area (Å²) in [5.74, 6) is 1.30. The molecular weight excluding hydrogens is 549 g/mol. The average Bonchev–Trinajstić information content (AvgIpc) is 3.31. The topological polar surface area (TPSA) is 73.4 Å². The van der Waals surface area contributed by atoms with Crippen molar-refractivity contribution in [1.29, 1.82) is 0 Å². The van der Waals surface area contributed by atoms with Gasteiger partial charge in [0.1, 0.15) is 0 Å². The summed E-state index contributed by atoms with van der Waals surface area (Å²) in [6, 6.07) is 7.25. The fraction of sp³-hybridized carbons (Fsp3) is 0.481. The van der Waals surface area contributed by atoms with Crippen LogP contribution in [-0.2, 0) is 4.74 Å². The molecule has 3 aromatic rings. The second-order valence-electron chi connectivity index (χ2n) is 8.58. The van der Waals surface area contributed by atoms with Crippen LogP contribution in [0.4, 0.5) is 5.13 Å². The molecule has 38 heavy (non-hydrogen) atoms. The number of morpholine rings is 1. The van der Waals surface area contributed by atoms with E-state index in [9.17, 15) is 4.79 Å². The van der Waals surface area contributed by atoms with E-state index in [4.69, 9.17) is 35.5 Å². The van der Waals surface area contributed by atoms with E-state index in [1.165, 1.54) is 11.3 Å². The zero-order valence-corrected chi connectivity index (χ0v) is 24.6. The number of carbonyl (C=O) groups excluding carboxylic acids is 1. The first-order chi connectivity index (χ1) is 17.9. The van der Waals surface area contributed by atoms with Gasteiger partial charge >= 0.3 is 0 Å². The fourth-order valence-electron chi connectivity index (χ4n) is 4.28. The lowest BCUT2D eigenvalue weighted by Gasteiger charge is -2.29. The highest BCUT2D eigenvalue weighted by atomic mass is 35.5. The molecule has 0 bridgehead atoms. The highest BCUT2D eigenvalue weighted by Gasteiger charge is 2.26. The fourth-order valence-corrected chi connectivity index (χ4v) is 5.72. The Hall–Kier alpha value is -2.30. The number of benzene rings is 2. The molecule has 2 aromatic carbocycles. The minimum atomic E-state index is -0.180. The zero-order valence-electron chi connectivity index (χ0n) is 22.3. The highest BCUT2D eigenvalue weighted by Crippen LogP contribution is 2.40. The Kier molecular flexibility index (Phi) is 11.3. The summed E-state index contributed by atoms with van der Waals surface area (Å²) < 4.78 is 24.0. The number of aromatic nitrogens is 1. The molecule has 1 aliphatic rings. The van der Waals surface area contributed by atoms with Crippen LogP contribution in [0.1, 0.15) is 36.7 Å². The number of anilines is 1. The van der Waals surface area contributed by atoms with Crippen molar-refractivity contribution in [2.45, 2.75) is 27.7 Å². The van der Waals surface area contributed by atoms with Crippen LogP contribution in [0.5, 0.6) is 17.2 Å². The second-order valence-corrected chi connectivity index (χ2v) is 10.0. The van der Waals surface area contributed by atoms with E-state index in [0.29, 0.717) is 79.1 Å². The molecule has 0 unspecified atom stereocenters. The van der Waals surface area contributed by atoms with Crippen LogP contribution in [0.3, 0.4) is 0 Å². The van der Waals surface area contributed by atoms with Crippen molar-refractivity contribution in [3.63, 3.8) is 0 Å². The predicted molar refractivity (Wildman–Crippen MR) is 155 cm³/mol. The molecule has 0 spiro atoms. The lowest BCUT2D eigenvalue weighted by atomic mass is 10.1. The van der Waals surface area contributed by atoms with Gasteiger partial charge in [0.25, 0.3) is 5.91 Å². The monoisotopic (exact) mass is 583 g/mol. The molecule has 208 valence electrons. The standard InChI is InChI=1S/C27H34ClN3O5S.ClH/c1-5-34-21-15-19(16-22(35-6-2)25(21)36-7-3)26(32)31(9-8-30-10-12-33-13-11-30)27-29-24-18(4)14-20(28)17-23(24)37-27;/h14-17H,5-13H2,1-4H3;1H. The number of hydrogen-bond donors (Lipinski definition) is 0. The summed E-state index contributed by atoms with van der Waals surface area (Å²) >= 11 is 7.77. The van der Waals surface area contributed by atoms with Gasteiger partial charge in [0.15, 0.2) is 16.6 Å². The molecule has 0 N–H and O–H groups in total. The van der Waals surface area contributed by atoms with Crippen molar-refractivity contribution in [1.82, 2.24) is 9.88 Å². The molecule has 2 heterocycles. The molecular formula is C27H35Cl2N3O5S. The van der Waals surface area contributed by atoms with Gasteiger partial charge in [-0.05, 0) is 57.5 Å². The maximum absolute atomic E-state index is 14.1. The van der Waals surface area contributed by atoms with E-state index < -0.39 is 0 Å². The number of amides is 1. The molecule has 1 saturated heterocycles. The quantitative estimate of drug-likeness (QED) is 0.280. The smallest absolute Gasteiger partial charge is 0.260 e. The molecule has 11 heteroatoms. The average molecular weight is 585 g/mol. The Morgan fingerprint density at radius 1 is 1.05 bits per heavy atom. The van der Waals surface area contributed by atoms with Crippen LogP contribution in [0.2, 0.25) is 5.02 Å². The number of thiazole rings is 1. The summed E-state index contributed by atoms with van der Waals surface area (Å²) in [6.07, 6.45) is 0. The molecule has 0 atom stereocenters. The largest absolute Gasteiger partial charge is 0.490 e. The third-order valence-corrected chi connectivity index (χ3v) is 7.26. The molecule has 1 amide bonds. The van der Waals surface area contributed by atoms with Crippen LogP contribution in [-0.4, -0.2) is 75.0 Å². The van der Waals surface area contributed by atoms with Crippen LogP contribution in [0.25, 0.3) is 10.2 Å². The van der Waals surface area contributed by atoms with Crippen LogP contribution >= 0.6 is 35.3 Å².